The molecule has 0 aliphatic rings. The molecule has 0 aliphatic carbocycles. The summed E-state index contributed by atoms with van der Waals surface area (Å²) in [5, 5.41) is 0.624. The van der Waals surface area contributed by atoms with Gasteiger partial charge in [-0.25, -0.2) is 8.42 Å². The fourth-order valence-corrected chi connectivity index (χ4v) is 3.06. The zero-order valence-corrected chi connectivity index (χ0v) is 12.7. The van der Waals surface area contributed by atoms with Crippen molar-refractivity contribution in [3.8, 4) is 0 Å². The molecular formula is C13H16ClNO4S. The summed E-state index contributed by atoms with van der Waals surface area (Å²) in [5.74, 6) is 0. The Morgan fingerprint density at radius 3 is 2.65 bits per heavy atom. The fourth-order valence-electron chi connectivity index (χ4n) is 2.00. The number of ether oxygens (including phenoxy) is 2. The molecule has 0 aliphatic heterocycles. The van der Waals surface area contributed by atoms with Gasteiger partial charge in [0.05, 0.1) is 19.8 Å². The Kier molecular flexibility index (Phi) is 5.04. The van der Waals surface area contributed by atoms with Crippen LogP contribution in [-0.2, 0) is 25.1 Å². The second-order valence-corrected chi connectivity index (χ2v) is 6.78. The smallest absolute Gasteiger partial charge is 0.263 e. The molecule has 0 radical (unpaired) electrons. The van der Waals surface area contributed by atoms with Gasteiger partial charge in [0.2, 0.25) is 0 Å². The summed E-state index contributed by atoms with van der Waals surface area (Å²) in [4.78, 5) is 0.131. The van der Waals surface area contributed by atoms with E-state index in [-0.39, 0.29) is 4.90 Å². The van der Waals surface area contributed by atoms with E-state index in [2.05, 4.69) is 0 Å². The van der Waals surface area contributed by atoms with Crippen molar-refractivity contribution >= 4 is 30.6 Å². The van der Waals surface area contributed by atoms with Crippen molar-refractivity contribution in [3.63, 3.8) is 0 Å². The zero-order valence-electron chi connectivity index (χ0n) is 11.1. The predicted molar refractivity (Wildman–Crippen MR) is 77.7 cm³/mol. The molecule has 2 aromatic rings. The van der Waals surface area contributed by atoms with E-state index in [0.29, 0.717) is 31.8 Å². The van der Waals surface area contributed by atoms with E-state index in [1.54, 1.807) is 25.4 Å². The van der Waals surface area contributed by atoms with Crippen LogP contribution in [-0.4, -0.2) is 39.9 Å². The van der Waals surface area contributed by atoms with E-state index in [1.165, 1.54) is 0 Å². The van der Waals surface area contributed by atoms with Gasteiger partial charge in [0.25, 0.3) is 9.05 Å². The van der Waals surface area contributed by atoms with Gasteiger partial charge in [0.15, 0.2) is 0 Å². The first-order valence-corrected chi connectivity index (χ1v) is 8.44. The maximum absolute atomic E-state index is 11.6. The third-order valence-corrected chi connectivity index (χ3v) is 4.27. The van der Waals surface area contributed by atoms with Crippen molar-refractivity contribution in [1.82, 2.24) is 4.57 Å². The Hall–Kier alpha value is -1.08. The third kappa shape index (κ3) is 3.52. The first kappa shape index (κ1) is 15.3. The summed E-state index contributed by atoms with van der Waals surface area (Å²) >= 11 is 0. The Morgan fingerprint density at radius 1 is 1.20 bits per heavy atom. The van der Waals surface area contributed by atoms with Crippen molar-refractivity contribution < 1.29 is 17.9 Å². The zero-order chi connectivity index (χ0) is 14.6. The number of nitrogens with zero attached hydrogens (tertiary/aromatic N) is 1. The SMILES string of the molecule is COCCOCCn1cc(S(=O)(=O)Cl)c2ccccc21. The topological polar surface area (TPSA) is 57.5 Å². The number of halogens is 1. The lowest BCUT2D eigenvalue weighted by atomic mass is 10.2. The van der Waals surface area contributed by atoms with E-state index in [4.69, 9.17) is 20.2 Å². The molecule has 0 spiro atoms. The monoisotopic (exact) mass is 317 g/mol. The number of methoxy groups -OCH3 is 1. The van der Waals surface area contributed by atoms with Crippen molar-refractivity contribution in [1.29, 1.82) is 0 Å². The molecule has 1 aromatic carbocycles. The Bertz CT molecular complexity index is 681. The van der Waals surface area contributed by atoms with Crippen LogP contribution in [0.5, 0.6) is 0 Å². The Labute approximate surface area is 122 Å². The lowest BCUT2D eigenvalue weighted by molar-refractivity contribution is 0.0670. The minimum atomic E-state index is -3.76. The molecule has 5 nitrogen and oxygen atoms in total. The van der Waals surface area contributed by atoms with Crippen LogP contribution in [0.25, 0.3) is 10.9 Å². The van der Waals surface area contributed by atoms with Gasteiger partial charge in [0, 0.05) is 41.4 Å². The second-order valence-electron chi connectivity index (χ2n) is 4.25. The van der Waals surface area contributed by atoms with Crippen LogP contribution in [0.1, 0.15) is 0 Å². The van der Waals surface area contributed by atoms with Crippen molar-refractivity contribution in [3.05, 3.63) is 30.5 Å². The number of benzene rings is 1. The lowest BCUT2D eigenvalue weighted by Gasteiger charge is -2.06. The number of aromatic nitrogens is 1. The molecule has 1 heterocycles. The Morgan fingerprint density at radius 2 is 1.95 bits per heavy atom. The molecule has 0 unspecified atom stereocenters. The summed E-state index contributed by atoms with van der Waals surface area (Å²) in [6, 6.07) is 7.24. The standard InChI is InChI=1S/C13H16ClNO4S/c1-18-8-9-19-7-6-15-10-13(20(14,16)17)11-4-2-3-5-12(11)15/h2-5,10H,6-9H2,1H3. The number of para-hydroxylation sites is 1. The molecule has 1 aromatic heterocycles. The average molecular weight is 318 g/mol. The van der Waals surface area contributed by atoms with Crippen LogP contribution >= 0.6 is 10.7 Å². The quantitative estimate of drug-likeness (QED) is 0.580. The normalized spacial score (nSPS) is 12.1. The third-order valence-electron chi connectivity index (χ3n) is 2.92. The van der Waals surface area contributed by atoms with Gasteiger partial charge in [-0.2, -0.15) is 0 Å². The van der Waals surface area contributed by atoms with Gasteiger partial charge in [-0.3, -0.25) is 0 Å². The number of rotatable bonds is 7. The largest absolute Gasteiger partial charge is 0.382 e. The molecule has 0 bridgehead atoms. The molecule has 0 fully saturated rings. The van der Waals surface area contributed by atoms with Crippen molar-refractivity contribution in [2.75, 3.05) is 26.9 Å². The molecule has 0 saturated carbocycles. The van der Waals surface area contributed by atoms with Crippen LogP contribution in [0.2, 0.25) is 0 Å². The van der Waals surface area contributed by atoms with Crippen LogP contribution in [0.15, 0.2) is 35.4 Å². The summed E-state index contributed by atoms with van der Waals surface area (Å²) in [7, 11) is 3.32. The molecule has 0 atom stereocenters. The summed E-state index contributed by atoms with van der Waals surface area (Å²) in [5.41, 5.74) is 0.821. The van der Waals surface area contributed by atoms with E-state index < -0.39 is 9.05 Å². The Balaban J connectivity index is 2.21. The predicted octanol–water partition coefficient (Wildman–Crippen LogP) is 2.23. The van der Waals surface area contributed by atoms with E-state index >= 15 is 0 Å². The average Bonchev–Trinajstić information content (AvgIpc) is 2.78. The molecule has 2 rings (SSSR count). The highest BCUT2D eigenvalue weighted by molar-refractivity contribution is 8.14. The second kappa shape index (κ2) is 6.58. The number of hydrogen-bond donors (Lipinski definition) is 0. The molecular weight excluding hydrogens is 302 g/mol. The van der Waals surface area contributed by atoms with Gasteiger partial charge in [-0.1, -0.05) is 18.2 Å². The first-order valence-electron chi connectivity index (χ1n) is 6.13. The van der Waals surface area contributed by atoms with Gasteiger partial charge < -0.3 is 14.0 Å². The van der Waals surface area contributed by atoms with Gasteiger partial charge in [-0.05, 0) is 6.07 Å². The summed E-state index contributed by atoms with van der Waals surface area (Å²) < 4.78 is 35.3. The molecule has 0 amide bonds. The van der Waals surface area contributed by atoms with Crippen LogP contribution < -0.4 is 0 Å². The van der Waals surface area contributed by atoms with Crippen LogP contribution in [0.4, 0.5) is 0 Å². The molecule has 20 heavy (non-hydrogen) atoms. The summed E-state index contributed by atoms with van der Waals surface area (Å²) in [6.45, 7) is 2.07. The first-order chi connectivity index (χ1) is 9.54. The van der Waals surface area contributed by atoms with E-state index in [1.807, 2.05) is 16.7 Å². The molecule has 0 saturated heterocycles. The maximum atomic E-state index is 11.6. The van der Waals surface area contributed by atoms with Gasteiger partial charge in [0.1, 0.15) is 4.90 Å². The highest BCUT2D eigenvalue weighted by Gasteiger charge is 2.18. The number of hydrogen-bond acceptors (Lipinski definition) is 4. The molecule has 7 heteroatoms. The van der Waals surface area contributed by atoms with Gasteiger partial charge >= 0.3 is 0 Å². The molecule has 110 valence electrons. The highest BCUT2D eigenvalue weighted by atomic mass is 35.7. The van der Waals surface area contributed by atoms with Crippen LogP contribution in [0.3, 0.4) is 0 Å². The van der Waals surface area contributed by atoms with E-state index in [0.717, 1.165) is 5.52 Å². The van der Waals surface area contributed by atoms with Crippen molar-refractivity contribution in [2.24, 2.45) is 0 Å². The summed E-state index contributed by atoms with van der Waals surface area (Å²) in [6.07, 6.45) is 1.55. The van der Waals surface area contributed by atoms with E-state index in [9.17, 15) is 8.42 Å². The number of fused-ring (bicyclic) bond motifs is 1. The van der Waals surface area contributed by atoms with Crippen LogP contribution in [0, 0.1) is 0 Å². The highest BCUT2D eigenvalue weighted by Crippen LogP contribution is 2.27. The van der Waals surface area contributed by atoms with Gasteiger partial charge in [-0.15, -0.1) is 0 Å². The maximum Gasteiger partial charge on any atom is 0.263 e. The van der Waals surface area contributed by atoms with Crippen molar-refractivity contribution in [2.45, 2.75) is 11.4 Å². The minimum Gasteiger partial charge on any atom is -0.382 e. The fraction of sp³-hybridized carbons (Fsp3) is 0.385. The minimum absolute atomic E-state index is 0.131. The lowest BCUT2D eigenvalue weighted by Crippen LogP contribution is -2.08. The molecule has 0 N–H and O–H groups in total.